The number of aryl methyl sites for hydroxylation is 1. The van der Waals surface area contributed by atoms with E-state index >= 15 is 0 Å². The number of nitrogens with zero attached hydrogens (tertiary/aromatic N) is 2. The Morgan fingerprint density at radius 2 is 1.69 bits per heavy atom. The van der Waals surface area contributed by atoms with Crippen LogP contribution in [0, 0.1) is 12.7 Å². The minimum atomic E-state index is -0.363. The number of carbonyl (C=O) groups is 1. The lowest BCUT2D eigenvalue weighted by molar-refractivity contribution is 0.101. The van der Waals surface area contributed by atoms with Crippen LogP contribution in [-0.2, 0) is 0 Å². The van der Waals surface area contributed by atoms with Crippen molar-refractivity contribution in [1.82, 2.24) is 9.78 Å². The predicted molar refractivity (Wildman–Crippen MR) is 113 cm³/mol. The summed E-state index contributed by atoms with van der Waals surface area (Å²) in [6.07, 6.45) is 0. The Hall–Kier alpha value is -3.44. The molecule has 0 spiro atoms. The number of amides is 1. The molecule has 29 heavy (non-hydrogen) atoms. The summed E-state index contributed by atoms with van der Waals surface area (Å²) in [6, 6.07) is 22.3. The molecule has 0 unspecified atom stereocenters. The van der Waals surface area contributed by atoms with E-state index in [1.54, 1.807) is 24.3 Å². The van der Waals surface area contributed by atoms with Crippen LogP contribution in [0.2, 0.25) is 5.02 Å². The summed E-state index contributed by atoms with van der Waals surface area (Å²) in [5.74, 6) is -0.693. The third-order valence-corrected chi connectivity index (χ3v) is 4.80. The van der Waals surface area contributed by atoms with Gasteiger partial charge in [-0.05, 0) is 55.5 Å². The Bertz CT molecular complexity index is 1170. The summed E-state index contributed by atoms with van der Waals surface area (Å²) in [5.41, 5.74) is 3.91. The van der Waals surface area contributed by atoms with Crippen molar-refractivity contribution in [1.29, 1.82) is 0 Å². The summed E-state index contributed by atoms with van der Waals surface area (Å²) in [5, 5.41) is 7.98. The van der Waals surface area contributed by atoms with Gasteiger partial charge in [0.1, 0.15) is 11.5 Å². The van der Waals surface area contributed by atoms with Crippen LogP contribution in [0.1, 0.15) is 16.1 Å². The van der Waals surface area contributed by atoms with Crippen LogP contribution in [0.4, 0.5) is 10.1 Å². The highest BCUT2D eigenvalue weighted by Gasteiger charge is 2.19. The van der Waals surface area contributed by atoms with Gasteiger partial charge in [0.25, 0.3) is 5.91 Å². The summed E-state index contributed by atoms with van der Waals surface area (Å²) in [4.78, 5) is 13.0. The summed E-state index contributed by atoms with van der Waals surface area (Å²) < 4.78 is 14.9. The van der Waals surface area contributed by atoms with Gasteiger partial charge in [0.2, 0.25) is 0 Å². The molecule has 0 saturated heterocycles. The van der Waals surface area contributed by atoms with Crippen LogP contribution in [0.5, 0.6) is 0 Å². The molecule has 0 aliphatic carbocycles. The lowest BCUT2D eigenvalue weighted by atomic mass is 10.1. The average Bonchev–Trinajstić information content (AvgIpc) is 3.16. The molecular formula is C23H17ClFN3O. The molecule has 0 aliphatic rings. The molecule has 4 aromatic rings. The van der Waals surface area contributed by atoms with E-state index in [-0.39, 0.29) is 11.7 Å². The molecule has 1 aromatic heterocycles. The zero-order chi connectivity index (χ0) is 20.4. The third-order valence-electron chi connectivity index (χ3n) is 4.47. The van der Waals surface area contributed by atoms with E-state index in [1.807, 2.05) is 49.4 Å². The van der Waals surface area contributed by atoms with Gasteiger partial charge in [-0.3, -0.25) is 4.79 Å². The van der Waals surface area contributed by atoms with Crippen molar-refractivity contribution in [3.8, 4) is 16.9 Å². The molecule has 0 radical (unpaired) electrons. The lowest BCUT2D eigenvalue weighted by Gasteiger charge is -2.08. The van der Waals surface area contributed by atoms with Gasteiger partial charge in [-0.2, -0.15) is 5.10 Å². The summed E-state index contributed by atoms with van der Waals surface area (Å²) in [6.45, 7) is 1.98. The monoisotopic (exact) mass is 405 g/mol. The number of rotatable bonds is 4. The highest BCUT2D eigenvalue weighted by Crippen LogP contribution is 2.28. The molecular weight excluding hydrogens is 389 g/mol. The van der Waals surface area contributed by atoms with Crippen molar-refractivity contribution >= 4 is 23.2 Å². The molecule has 4 nitrogen and oxygen atoms in total. The molecule has 0 atom stereocenters. The largest absolute Gasteiger partial charge is 0.321 e. The van der Waals surface area contributed by atoms with Gasteiger partial charge in [-0.25, -0.2) is 9.07 Å². The van der Waals surface area contributed by atoms with Gasteiger partial charge >= 0.3 is 0 Å². The summed E-state index contributed by atoms with van der Waals surface area (Å²) >= 11 is 6.31. The first-order valence-corrected chi connectivity index (χ1v) is 9.38. The van der Waals surface area contributed by atoms with E-state index in [9.17, 15) is 9.18 Å². The second-order valence-electron chi connectivity index (χ2n) is 6.60. The van der Waals surface area contributed by atoms with Gasteiger partial charge in [0, 0.05) is 11.3 Å². The van der Waals surface area contributed by atoms with Crippen molar-refractivity contribution < 1.29 is 9.18 Å². The molecule has 4 rings (SSSR count). The first-order chi connectivity index (χ1) is 14.0. The number of hydrogen-bond donors (Lipinski definition) is 1. The molecule has 1 N–H and O–H groups in total. The average molecular weight is 406 g/mol. The number of hydrogen-bond acceptors (Lipinski definition) is 2. The van der Waals surface area contributed by atoms with Gasteiger partial charge < -0.3 is 5.32 Å². The highest BCUT2D eigenvalue weighted by molar-refractivity contribution is 6.33. The standard InChI is InChI=1S/C23H17ClFN3O/c1-15-6-10-17(11-7-15)26-23(29)22-14-21(19-4-2-3-5-20(19)24)27-28(22)18-12-8-16(25)9-13-18/h2-14H,1H3,(H,26,29). The number of anilines is 1. The van der Waals surface area contributed by atoms with Gasteiger partial charge in [0.15, 0.2) is 0 Å². The maximum Gasteiger partial charge on any atom is 0.274 e. The second kappa shape index (κ2) is 7.89. The molecule has 0 bridgehead atoms. The molecule has 6 heteroatoms. The summed E-state index contributed by atoms with van der Waals surface area (Å²) in [7, 11) is 0. The Labute approximate surface area is 172 Å². The fourth-order valence-electron chi connectivity index (χ4n) is 2.95. The zero-order valence-electron chi connectivity index (χ0n) is 15.6. The lowest BCUT2D eigenvalue weighted by Crippen LogP contribution is -2.17. The Morgan fingerprint density at radius 1 is 1.00 bits per heavy atom. The number of carbonyl (C=O) groups excluding carboxylic acids is 1. The quantitative estimate of drug-likeness (QED) is 0.460. The van der Waals surface area contributed by atoms with Crippen LogP contribution in [0.3, 0.4) is 0 Å². The minimum Gasteiger partial charge on any atom is -0.321 e. The number of benzene rings is 3. The fourth-order valence-corrected chi connectivity index (χ4v) is 3.19. The molecule has 0 aliphatic heterocycles. The van der Waals surface area contributed by atoms with Gasteiger partial charge in [0.05, 0.1) is 16.4 Å². The Balaban J connectivity index is 1.78. The third kappa shape index (κ3) is 4.05. The maximum atomic E-state index is 13.4. The van der Waals surface area contributed by atoms with E-state index in [4.69, 9.17) is 11.6 Å². The normalized spacial score (nSPS) is 10.7. The molecule has 0 fully saturated rings. The van der Waals surface area contributed by atoms with Crippen LogP contribution < -0.4 is 5.32 Å². The van der Waals surface area contributed by atoms with E-state index < -0.39 is 0 Å². The maximum absolute atomic E-state index is 13.4. The van der Waals surface area contributed by atoms with Gasteiger partial charge in [-0.1, -0.05) is 47.5 Å². The molecule has 0 saturated carbocycles. The highest BCUT2D eigenvalue weighted by atomic mass is 35.5. The van der Waals surface area contributed by atoms with Crippen LogP contribution in [0.25, 0.3) is 16.9 Å². The van der Waals surface area contributed by atoms with Gasteiger partial charge in [-0.15, -0.1) is 0 Å². The predicted octanol–water partition coefficient (Wildman–Crippen LogP) is 5.89. The van der Waals surface area contributed by atoms with Crippen LogP contribution in [-0.4, -0.2) is 15.7 Å². The second-order valence-corrected chi connectivity index (χ2v) is 7.01. The smallest absolute Gasteiger partial charge is 0.274 e. The van der Waals surface area contributed by atoms with Crippen molar-refractivity contribution in [2.75, 3.05) is 5.32 Å². The minimum absolute atomic E-state index is 0.312. The van der Waals surface area contributed by atoms with Crippen LogP contribution >= 0.6 is 11.6 Å². The molecule has 3 aromatic carbocycles. The van der Waals surface area contributed by atoms with Crippen molar-refractivity contribution in [2.45, 2.75) is 6.92 Å². The first-order valence-electron chi connectivity index (χ1n) is 9.00. The number of halogens is 2. The van der Waals surface area contributed by atoms with E-state index in [0.29, 0.717) is 33.3 Å². The van der Waals surface area contributed by atoms with Crippen molar-refractivity contribution in [3.05, 3.63) is 101 Å². The van der Waals surface area contributed by atoms with E-state index in [0.717, 1.165) is 5.56 Å². The Morgan fingerprint density at radius 3 is 2.38 bits per heavy atom. The topological polar surface area (TPSA) is 46.9 Å². The fraction of sp³-hybridized carbons (Fsp3) is 0.0435. The molecule has 1 heterocycles. The number of aromatic nitrogens is 2. The Kier molecular flexibility index (Phi) is 5.14. The SMILES string of the molecule is Cc1ccc(NC(=O)c2cc(-c3ccccc3Cl)nn2-c2ccc(F)cc2)cc1. The van der Waals surface area contributed by atoms with Crippen LogP contribution in [0.15, 0.2) is 78.9 Å². The van der Waals surface area contributed by atoms with E-state index in [1.165, 1.54) is 16.8 Å². The molecule has 144 valence electrons. The first kappa shape index (κ1) is 18.9. The van der Waals surface area contributed by atoms with E-state index in [2.05, 4.69) is 10.4 Å². The van der Waals surface area contributed by atoms with Crippen molar-refractivity contribution in [2.24, 2.45) is 0 Å². The van der Waals surface area contributed by atoms with Crippen molar-refractivity contribution in [3.63, 3.8) is 0 Å². The zero-order valence-corrected chi connectivity index (χ0v) is 16.3. The molecule has 1 amide bonds. The number of nitrogens with one attached hydrogen (secondary N) is 1.